The van der Waals surface area contributed by atoms with Crippen molar-refractivity contribution in [2.24, 2.45) is 0 Å². The van der Waals surface area contributed by atoms with Crippen LogP contribution in [0.5, 0.6) is 0 Å². The third-order valence-electron chi connectivity index (χ3n) is 5.49. The zero-order chi connectivity index (χ0) is 23.7. The van der Waals surface area contributed by atoms with Gasteiger partial charge in [-0.2, -0.15) is 0 Å². The molecule has 0 unspecified atom stereocenters. The normalized spacial score (nSPS) is 11.0. The van der Waals surface area contributed by atoms with Crippen LogP contribution in [-0.4, -0.2) is 23.5 Å². The molecule has 0 saturated carbocycles. The summed E-state index contributed by atoms with van der Waals surface area (Å²) in [5.74, 6) is -0.581. The van der Waals surface area contributed by atoms with E-state index in [0.717, 1.165) is 22.0 Å². The molecule has 0 saturated heterocycles. The number of hydrogen-bond donors (Lipinski definition) is 1. The van der Waals surface area contributed by atoms with E-state index >= 15 is 0 Å². The molecule has 0 aliphatic rings. The first kappa shape index (κ1) is 21.4. The van der Waals surface area contributed by atoms with Gasteiger partial charge in [0, 0.05) is 16.6 Å². The van der Waals surface area contributed by atoms with E-state index in [2.05, 4.69) is 10.3 Å². The van der Waals surface area contributed by atoms with Crippen molar-refractivity contribution in [3.63, 3.8) is 0 Å². The Bertz CT molecular complexity index is 1490. The van der Waals surface area contributed by atoms with E-state index < -0.39 is 18.5 Å². The lowest BCUT2D eigenvalue weighted by molar-refractivity contribution is -0.119. The highest BCUT2D eigenvalue weighted by Gasteiger charge is 2.19. The van der Waals surface area contributed by atoms with Crippen LogP contribution in [0.25, 0.3) is 33.3 Å². The van der Waals surface area contributed by atoms with E-state index in [9.17, 15) is 9.59 Å². The van der Waals surface area contributed by atoms with Gasteiger partial charge in [-0.15, -0.1) is 0 Å². The van der Waals surface area contributed by atoms with E-state index in [0.29, 0.717) is 33.7 Å². The van der Waals surface area contributed by atoms with Crippen molar-refractivity contribution < 1.29 is 18.7 Å². The van der Waals surface area contributed by atoms with Gasteiger partial charge in [-0.1, -0.05) is 42.5 Å². The number of carbonyl (C=O) groups excluding carboxylic acids is 2. The third-order valence-corrected chi connectivity index (χ3v) is 5.49. The summed E-state index contributed by atoms with van der Waals surface area (Å²) in [6.07, 6.45) is 0. The van der Waals surface area contributed by atoms with Crippen LogP contribution in [-0.2, 0) is 9.53 Å². The smallest absolute Gasteiger partial charge is 0.339 e. The van der Waals surface area contributed by atoms with Crippen LogP contribution in [0.1, 0.15) is 21.5 Å². The second kappa shape index (κ2) is 8.83. The van der Waals surface area contributed by atoms with E-state index in [1.165, 1.54) is 0 Å². The lowest BCUT2D eigenvalue weighted by Crippen LogP contribution is -2.21. The molecule has 0 spiro atoms. The van der Waals surface area contributed by atoms with Crippen LogP contribution >= 0.6 is 0 Å². The highest BCUT2D eigenvalue weighted by Crippen LogP contribution is 2.33. The number of aryl methyl sites for hydroxylation is 2. The molecule has 6 nitrogen and oxygen atoms in total. The minimum absolute atomic E-state index is 0.342. The average molecular weight is 450 g/mol. The Morgan fingerprint density at radius 1 is 0.912 bits per heavy atom. The molecule has 0 atom stereocenters. The Labute approximate surface area is 196 Å². The first-order chi connectivity index (χ1) is 16.5. The van der Waals surface area contributed by atoms with Crippen molar-refractivity contribution in [2.75, 3.05) is 11.9 Å². The number of oxazole rings is 1. The highest BCUT2D eigenvalue weighted by molar-refractivity contribution is 6.10. The molecule has 1 heterocycles. The van der Waals surface area contributed by atoms with Crippen molar-refractivity contribution in [3.8, 4) is 11.5 Å². The minimum Gasteiger partial charge on any atom is -0.452 e. The van der Waals surface area contributed by atoms with Gasteiger partial charge in [0.1, 0.15) is 5.52 Å². The predicted octanol–water partition coefficient (Wildman–Crippen LogP) is 6.06. The summed E-state index contributed by atoms with van der Waals surface area (Å²) < 4.78 is 11.3. The van der Waals surface area contributed by atoms with Crippen molar-refractivity contribution in [1.29, 1.82) is 0 Å². The molecule has 0 bridgehead atoms. The molecule has 34 heavy (non-hydrogen) atoms. The summed E-state index contributed by atoms with van der Waals surface area (Å²) >= 11 is 0. The van der Waals surface area contributed by atoms with Gasteiger partial charge in [-0.05, 0) is 66.8 Å². The number of para-hydroxylation sites is 2. The molecule has 5 rings (SSSR count). The largest absolute Gasteiger partial charge is 0.452 e. The Balaban J connectivity index is 1.42. The summed E-state index contributed by atoms with van der Waals surface area (Å²) in [5.41, 5.74) is 5.16. The fourth-order valence-corrected chi connectivity index (χ4v) is 4.13. The maximum absolute atomic E-state index is 13.0. The lowest BCUT2D eigenvalue weighted by atomic mass is 9.99. The van der Waals surface area contributed by atoms with Crippen molar-refractivity contribution in [3.05, 3.63) is 95.6 Å². The van der Waals surface area contributed by atoms with E-state index in [1.807, 2.05) is 80.6 Å². The fraction of sp³-hybridized carbons (Fsp3) is 0.107. The molecule has 0 radical (unpaired) electrons. The predicted molar refractivity (Wildman–Crippen MR) is 132 cm³/mol. The summed E-state index contributed by atoms with van der Waals surface area (Å²) in [5, 5.41) is 4.28. The maximum atomic E-state index is 13.0. The molecule has 4 aromatic carbocycles. The summed E-state index contributed by atoms with van der Waals surface area (Å²) in [6.45, 7) is 3.52. The molecule has 5 aromatic rings. The monoisotopic (exact) mass is 450 g/mol. The first-order valence-corrected chi connectivity index (χ1v) is 10.9. The van der Waals surface area contributed by atoms with Crippen LogP contribution in [0.3, 0.4) is 0 Å². The SMILES string of the molecule is Cc1cc(C)cc(NC(=O)COC(=O)c2cccc3cccc(-c4nc5ccccc5o4)c23)c1. The van der Waals surface area contributed by atoms with Crippen LogP contribution in [0.2, 0.25) is 0 Å². The van der Waals surface area contributed by atoms with Gasteiger partial charge in [0.25, 0.3) is 5.91 Å². The second-order valence-electron chi connectivity index (χ2n) is 8.20. The number of amides is 1. The molecule has 0 fully saturated rings. The number of benzene rings is 4. The first-order valence-electron chi connectivity index (χ1n) is 10.9. The molecule has 1 N–H and O–H groups in total. The van der Waals surface area contributed by atoms with Crippen molar-refractivity contribution in [1.82, 2.24) is 4.98 Å². The van der Waals surface area contributed by atoms with Gasteiger partial charge in [-0.25, -0.2) is 9.78 Å². The number of ether oxygens (including phenoxy) is 1. The zero-order valence-corrected chi connectivity index (χ0v) is 18.8. The number of nitrogens with zero attached hydrogens (tertiary/aromatic N) is 1. The zero-order valence-electron chi connectivity index (χ0n) is 18.8. The number of esters is 1. The van der Waals surface area contributed by atoms with Crippen LogP contribution in [0, 0.1) is 13.8 Å². The second-order valence-corrected chi connectivity index (χ2v) is 8.20. The van der Waals surface area contributed by atoms with E-state index in [-0.39, 0.29) is 0 Å². The van der Waals surface area contributed by atoms with Gasteiger partial charge in [0.2, 0.25) is 5.89 Å². The van der Waals surface area contributed by atoms with Crippen molar-refractivity contribution >= 4 is 39.4 Å². The van der Waals surface area contributed by atoms with Crippen LogP contribution in [0.15, 0.2) is 83.3 Å². The Morgan fingerprint density at radius 3 is 2.41 bits per heavy atom. The molecule has 6 heteroatoms. The highest BCUT2D eigenvalue weighted by atomic mass is 16.5. The number of rotatable bonds is 5. The summed E-state index contributed by atoms with van der Waals surface area (Å²) in [6, 6.07) is 24.3. The summed E-state index contributed by atoms with van der Waals surface area (Å²) in [7, 11) is 0. The topological polar surface area (TPSA) is 81.4 Å². The van der Waals surface area contributed by atoms with Gasteiger partial charge < -0.3 is 14.5 Å². The molecule has 168 valence electrons. The number of carbonyl (C=O) groups is 2. The van der Waals surface area contributed by atoms with Gasteiger partial charge in [-0.3, -0.25) is 4.79 Å². The molecule has 0 aliphatic carbocycles. The molecule has 1 aromatic heterocycles. The molecule has 1 amide bonds. The summed E-state index contributed by atoms with van der Waals surface area (Å²) in [4.78, 5) is 30.0. The van der Waals surface area contributed by atoms with E-state index in [1.54, 1.807) is 12.1 Å². The lowest BCUT2D eigenvalue weighted by Gasteiger charge is -2.11. The Hall–Kier alpha value is -4.45. The maximum Gasteiger partial charge on any atom is 0.339 e. The third kappa shape index (κ3) is 4.26. The number of aromatic nitrogens is 1. The molecular weight excluding hydrogens is 428 g/mol. The van der Waals surface area contributed by atoms with Crippen LogP contribution < -0.4 is 5.32 Å². The fourth-order valence-electron chi connectivity index (χ4n) is 4.13. The Kier molecular flexibility index (Phi) is 5.55. The van der Waals surface area contributed by atoms with Gasteiger partial charge in [0.15, 0.2) is 12.2 Å². The minimum atomic E-state index is -0.593. The van der Waals surface area contributed by atoms with Crippen LogP contribution in [0.4, 0.5) is 5.69 Å². The number of fused-ring (bicyclic) bond motifs is 2. The van der Waals surface area contributed by atoms with Gasteiger partial charge in [0.05, 0.1) is 5.56 Å². The quantitative estimate of drug-likeness (QED) is 0.329. The Morgan fingerprint density at radius 2 is 1.65 bits per heavy atom. The van der Waals surface area contributed by atoms with E-state index in [4.69, 9.17) is 9.15 Å². The number of anilines is 1. The average Bonchev–Trinajstić information content (AvgIpc) is 3.25. The van der Waals surface area contributed by atoms with Gasteiger partial charge >= 0.3 is 5.97 Å². The van der Waals surface area contributed by atoms with Crippen molar-refractivity contribution in [2.45, 2.75) is 13.8 Å². The number of hydrogen-bond acceptors (Lipinski definition) is 5. The standard InChI is InChI=1S/C28H22N2O4/c1-17-13-18(2)15-20(14-17)29-25(31)16-33-28(32)22-10-6-8-19-7-5-9-21(26(19)22)27-30-23-11-3-4-12-24(23)34-27/h3-15H,16H2,1-2H3,(H,29,31). The number of nitrogens with one attached hydrogen (secondary N) is 1. The molecular formula is C28H22N2O4. The molecule has 0 aliphatic heterocycles.